The Hall–Kier alpha value is -1.68. The van der Waals surface area contributed by atoms with Gasteiger partial charge in [0.25, 0.3) is 0 Å². The van der Waals surface area contributed by atoms with Crippen molar-refractivity contribution < 1.29 is 9.59 Å². The molecule has 0 bridgehead atoms. The van der Waals surface area contributed by atoms with Gasteiger partial charge in [-0.3, -0.25) is 9.59 Å². The average molecular weight is 265 g/mol. The zero-order valence-corrected chi connectivity index (χ0v) is 10.7. The fourth-order valence-corrected chi connectivity index (χ4v) is 2.09. The van der Waals surface area contributed by atoms with Crippen LogP contribution in [0.25, 0.3) is 0 Å². The largest absolute Gasteiger partial charge is 0.325 e. The Labute approximate surface area is 110 Å². The van der Waals surface area contributed by atoms with E-state index in [1.807, 2.05) is 13.0 Å². The van der Waals surface area contributed by atoms with Crippen molar-refractivity contribution in [2.45, 2.75) is 13.3 Å². The summed E-state index contributed by atoms with van der Waals surface area (Å²) in [7, 11) is 0. The summed E-state index contributed by atoms with van der Waals surface area (Å²) in [6.45, 7) is 1.91. The van der Waals surface area contributed by atoms with Crippen LogP contribution in [-0.4, -0.2) is 23.4 Å². The first-order valence-electron chi connectivity index (χ1n) is 5.66. The summed E-state index contributed by atoms with van der Waals surface area (Å²) in [5, 5.41) is 2.76. The molecule has 1 aliphatic carbocycles. The lowest BCUT2D eigenvalue weighted by atomic mass is 9.89. The van der Waals surface area contributed by atoms with Gasteiger partial charge in [0.15, 0.2) is 0 Å². The highest BCUT2D eigenvalue weighted by Crippen LogP contribution is 2.26. The van der Waals surface area contributed by atoms with Crippen molar-refractivity contribution in [3.05, 3.63) is 35.6 Å². The number of fused-ring (bicyclic) bond motifs is 1. The zero-order valence-electron chi connectivity index (χ0n) is 9.94. The maximum absolute atomic E-state index is 11.4. The molecule has 2 rings (SSSR count). The number of aliphatic imine (C=N–C) groups is 1. The smallest absolute Gasteiger partial charge is 0.248 e. The molecule has 0 saturated heterocycles. The van der Waals surface area contributed by atoms with Crippen molar-refractivity contribution in [3.63, 3.8) is 0 Å². The average Bonchev–Trinajstić information content (AvgIpc) is 2.28. The number of amides is 2. The first kappa shape index (κ1) is 12.8. The molecule has 1 unspecified atom stereocenters. The summed E-state index contributed by atoms with van der Waals surface area (Å²) in [4.78, 5) is 26.7. The van der Waals surface area contributed by atoms with Gasteiger partial charge < -0.3 is 5.32 Å². The number of carbonyl (C=O) groups excluding carboxylic acids is 2. The minimum Gasteiger partial charge on any atom is -0.325 e. The standard InChI is InChI=1S/C13H13ClN2O2/c1-8-6-13(18)16-11-7-9(2-3-10(8)11)15-12(17)4-5-14/h2-3,6-7,10H,4-5H2,1H3,(H,16,18). The van der Waals surface area contributed by atoms with E-state index >= 15 is 0 Å². The zero-order chi connectivity index (χ0) is 13.1. The predicted molar refractivity (Wildman–Crippen MR) is 70.4 cm³/mol. The van der Waals surface area contributed by atoms with E-state index in [4.69, 9.17) is 11.6 Å². The number of allylic oxidation sites excluding steroid dienone is 3. The van der Waals surface area contributed by atoms with Crippen LogP contribution in [0.5, 0.6) is 0 Å². The third kappa shape index (κ3) is 2.76. The summed E-state index contributed by atoms with van der Waals surface area (Å²) in [5.74, 6) is -0.0623. The van der Waals surface area contributed by atoms with E-state index in [2.05, 4.69) is 10.3 Å². The summed E-state index contributed by atoms with van der Waals surface area (Å²) >= 11 is 5.48. The van der Waals surface area contributed by atoms with E-state index in [1.54, 1.807) is 18.2 Å². The molecule has 1 N–H and O–H groups in total. The molecule has 0 spiro atoms. The van der Waals surface area contributed by atoms with Crippen LogP contribution in [0.4, 0.5) is 0 Å². The molecule has 1 aliphatic heterocycles. The minimum atomic E-state index is -0.255. The quantitative estimate of drug-likeness (QED) is 0.772. The SMILES string of the molecule is CC1=CC(=O)NC2=CC(=NC(=O)CCCl)C=CC12. The lowest BCUT2D eigenvalue weighted by Gasteiger charge is -2.25. The van der Waals surface area contributed by atoms with Crippen LogP contribution in [0.3, 0.4) is 0 Å². The fourth-order valence-electron chi connectivity index (χ4n) is 1.93. The van der Waals surface area contributed by atoms with Gasteiger partial charge >= 0.3 is 0 Å². The Balaban J connectivity index is 2.22. The first-order valence-corrected chi connectivity index (χ1v) is 6.20. The highest BCUT2D eigenvalue weighted by molar-refractivity contribution is 6.19. The second-order valence-electron chi connectivity index (χ2n) is 4.18. The maximum atomic E-state index is 11.4. The third-order valence-corrected chi connectivity index (χ3v) is 2.97. The van der Waals surface area contributed by atoms with Gasteiger partial charge in [0.1, 0.15) is 0 Å². The lowest BCUT2D eigenvalue weighted by molar-refractivity contribution is -0.117. The van der Waals surface area contributed by atoms with Crippen LogP contribution >= 0.6 is 11.6 Å². The molecule has 0 radical (unpaired) electrons. The minimum absolute atomic E-state index is 0.0739. The molecule has 94 valence electrons. The molecular formula is C13H13ClN2O2. The molecule has 1 heterocycles. The van der Waals surface area contributed by atoms with E-state index in [0.29, 0.717) is 5.71 Å². The lowest BCUT2D eigenvalue weighted by Crippen LogP contribution is -2.32. The molecule has 5 heteroatoms. The van der Waals surface area contributed by atoms with Crippen LogP contribution in [-0.2, 0) is 9.59 Å². The van der Waals surface area contributed by atoms with Gasteiger partial charge in [-0.1, -0.05) is 11.6 Å². The summed E-state index contributed by atoms with van der Waals surface area (Å²) in [5.41, 5.74) is 2.29. The number of halogens is 1. The molecule has 0 aromatic heterocycles. The van der Waals surface area contributed by atoms with Crippen LogP contribution in [0.2, 0.25) is 0 Å². The number of nitrogens with zero attached hydrogens (tertiary/aromatic N) is 1. The predicted octanol–water partition coefficient (Wildman–Crippen LogP) is 1.73. The second-order valence-corrected chi connectivity index (χ2v) is 4.56. The Morgan fingerprint density at radius 1 is 1.50 bits per heavy atom. The van der Waals surface area contributed by atoms with E-state index in [1.165, 1.54) is 0 Å². The van der Waals surface area contributed by atoms with Gasteiger partial charge in [-0.25, -0.2) is 4.99 Å². The van der Waals surface area contributed by atoms with Crippen LogP contribution < -0.4 is 5.32 Å². The second kappa shape index (κ2) is 5.31. The third-order valence-electron chi connectivity index (χ3n) is 2.78. The highest BCUT2D eigenvalue weighted by atomic mass is 35.5. The van der Waals surface area contributed by atoms with Crippen molar-refractivity contribution in [2.75, 3.05) is 5.88 Å². The maximum Gasteiger partial charge on any atom is 0.248 e. The number of hydrogen-bond acceptors (Lipinski definition) is 2. The topological polar surface area (TPSA) is 58.5 Å². The van der Waals surface area contributed by atoms with Gasteiger partial charge in [-0.05, 0) is 19.1 Å². The van der Waals surface area contributed by atoms with E-state index < -0.39 is 0 Å². The van der Waals surface area contributed by atoms with Gasteiger partial charge in [0.2, 0.25) is 11.8 Å². The Morgan fingerprint density at radius 3 is 3.00 bits per heavy atom. The fraction of sp³-hybridized carbons (Fsp3) is 0.308. The van der Waals surface area contributed by atoms with Crippen molar-refractivity contribution in [2.24, 2.45) is 10.9 Å². The normalized spacial score (nSPS) is 24.2. The number of alkyl halides is 1. The molecular weight excluding hydrogens is 252 g/mol. The molecule has 0 aromatic carbocycles. The number of hydrogen-bond donors (Lipinski definition) is 1. The van der Waals surface area contributed by atoms with Crippen molar-refractivity contribution in [1.82, 2.24) is 5.32 Å². The van der Waals surface area contributed by atoms with Gasteiger partial charge in [0, 0.05) is 30.0 Å². The first-order chi connectivity index (χ1) is 8.60. The molecule has 2 amide bonds. The Morgan fingerprint density at radius 2 is 2.28 bits per heavy atom. The molecule has 0 saturated carbocycles. The van der Waals surface area contributed by atoms with E-state index in [9.17, 15) is 9.59 Å². The van der Waals surface area contributed by atoms with E-state index in [0.717, 1.165) is 11.3 Å². The Bertz CT molecular complexity index is 515. The number of rotatable bonds is 2. The van der Waals surface area contributed by atoms with Crippen LogP contribution in [0, 0.1) is 5.92 Å². The molecule has 1 atom stereocenters. The molecule has 4 nitrogen and oxygen atoms in total. The Kier molecular flexibility index (Phi) is 3.77. The highest BCUT2D eigenvalue weighted by Gasteiger charge is 2.23. The van der Waals surface area contributed by atoms with Crippen molar-refractivity contribution in [1.29, 1.82) is 0 Å². The van der Waals surface area contributed by atoms with Gasteiger partial charge in [-0.2, -0.15) is 0 Å². The molecule has 0 aromatic rings. The monoisotopic (exact) mass is 264 g/mol. The summed E-state index contributed by atoms with van der Waals surface area (Å²) in [6.07, 6.45) is 7.23. The summed E-state index contributed by atoms with van der Waals surface area (Å²) < 4.78 is 0. The van der Waals surface area contributed by atoms with Crippen molar-refractivity contribution >= 4 is 29.1 Å². The van der Waals surface area contributed by atoms with Crippen LogP contribution in [0.1, 0.15) is 13.3 Å². The number of nitrogens with one attached hydrogen (secondary N) is 1. The molecule has 0 fully saturated rings. The molecule has 18 heavy (non-hydrogen) atoms. The summed E-state index contributed by atoms with van der Waals surface area (Å²) in [6, 6.07) is 0. The van der Waals surface area contributed by atoms with Gasteiger partial charge in [0.05, 0.1) is 5.71 Å². The molecule has 2 aliphatic rings. The van der Waals surface area contributed by atoms with E-state index in [-0.39, 0.29) is 30.0 Å². The van der Waals surface area contributed by atoms with Crippen LogP contribution in [0.15, 0.2) is 40.6 Å². The van der Waals surface area contributed by atoms with Gasteiger partial charge in [-0.15, -0.1) is 11.6 Å². The van der Waals surface area contributed by atoms with Crippen molar-refractivity contribution in [3.8, 4) is 0 Å². The number of carbonyl (C=O) groups is 2.